The second-order valence-electron chi connectivity index (χ2n) is 7.95. The van der Waals surface area contributed by atoms with Gasteiger partial charge in [-0.3, -0.25) is 19.4 Å². The molecular formula is C23H28F2N4O4. The Morgan fingerprint density at radius 2 is 2.00 bits per heavy atom. The SMILES string of the molecule is CC1CCC(C(=O)Nc2ccc(N3CCN(C)CC3=O)nc2)O1.COc1cccc(F)c1F. The lowest BCUT2D eigenvalue weighted by atomic mass is 10.2. The molecule has 3 heterocycles. The van der Waals surface area contributed by atoms with Gasteiger partial charge in [-0.25, -0.2) is 9.37 Å². The average Bonchev–Trinajstić information content (AvgIpc) is 3.23. The third kappa shape index (κ3) is 6.45. The molecule has 2 saturated heterocycles. The van der Waals surface area contributed by atoms with Crippen LogP contribution in [-0.4, -0.2) is 67.7 Å². The van der Waals surface area contributed by atoms with Crippen LogP contribution in [0, 0.1) is 11.6 Å². The molecule has 4 rings (SSSR count). The summed E-state index contributed by atoms with van der Waals surface area (Å²) in [6, 6.07) is 7.31. The number of piperazine rings is 1. The molecule has 0 radical (unpaired) electrons. The lowest BCUT2D eigenvalue weighted by Gasteiger charge is -2.31. The summed E-state index contributed by atoms with van der Waals surface area (Å²) in [7, 11) is 3.21. The Labute approximate surface area is 191 Å². The van der Waals surface area contributed by atoms with Crippen molar-refractivity contribution < 1.29 is 27.8 Å². The molecule has 2 atom stereocenters. The van der Waals surface area contributed by atoms with Crippen molar-refractivity contribution >= 4 is 23.3 Å². The summed E-state index contributed by atoms with van der Waals surface area (Å²) in [5, 5.41) is 2.81. The maximum atomic E-state index is 12.5. The first-order valence-electron chi connectivity index (χ1n) is 10.7. The lowest BCUT2D eigenvalue weighted by Crippen LogP contribution is -2.49. The minimum absolute atomic E-state index is 0.0383. The van der Waals surface area contributed by atoms with Crippen LogP contribution in [0.15, 0.2) is 36.5 Å². The Morgan fingerprint density at radius 1 is 1.21 bits per heavy atom. The number of anilines is 2. The quantitative estimate of drug-likeness (QED) is 0.753. The summed E-state index contributed by atoms with van der Waals surface area (Å²) in [5.74, 6) is -1.38. The molecule has 0 saturated carbocycles. The third-order valence-corrected chi connectivity index (χ3v) is 5.36. The minimum Gasteiger partial charge on any atom is -0.494 e. The smallest absolute Gasteiger partial charge is 0.253 e. The van der Waals surface area contributed by atoms with Gasteiger partial charge in [-0.1, -0.05) is 6.07 Å². The van der Waals surface area contributed by atoms with E-state index in [1.54, 1.807) is 23.2 Å². The van der Waals surface area contributed by atoms with Crippen LogP contribution in [0.4, 0.5) is 20.3 Å². The predicted octanol–water partition coefficient (Wildman–Crippen LogP) is 2.84. The Morgan fingerprint density at radius 3 is 2.58 bits per heavy atom. The molecule has 1 N–H and O–H groups in total. The van der Waals surface area contributed by atoms with Crippen molar-refractivity contribution in [2.24, 2.45) is 0 Å². The normalized spacial score (nSPS) is 20.8. The Balaban J connectivity index is 0.000000257. The fourth-order valence-corrected chi connectivity index (χ4v) is 3.51. The van der Waals surface area contributed by atoms with Crippen LogP contribution in [0.2, 0.25) is 0 Å². The van der Waals surface area contributed by atoms with E-state index in [0.717, 1.165) is 25.5 Å². The highest BCUT2D eigenvalue weighted by atomic mass is 19.2. The van der Waals surface area contributed by atoms with E-state index in [9.17, 15) is 18.4 Å². The van der Waals surface area contributed by atoms with E-state index in [1.165, 1.54) is 19.2 Å². The van der Waals surface area contributed by atoms with Crippen LogP contribution in [0.25, 0.3) is 0 Å². The molecular weight excluding hydrogens is 434 g/mol. The van der Waals surface area contributed by atoms with Gasteiger partial charge < -0.3 is 14.8 Å². The van der Waals surface area contributed by atoms with Crippen LogP contribution in [0.1, 0.15) is 19.8 Å². The number of hydrogen-bond acceptors (Lipinski definition) is 6. The topological polar surface area (TPSA) is 84.0 Å². The fraction of sp³-hybridized carbons (Fsp3) is 0.435. The maximum absolute atomic E-state index is 12.5. The molecule has 8 nitrogen and oxygen atoms in total. The molecule has 2 unspecified atom stereocenters. The average molecular weight is 462 g/mol. The number of hydrogen-bond donors (Lipinski definition) is 1. The molecule has 178 valence electrons. The van der Waals surface area contributed by atoms with Crippen LogP contribution in [-0.2, 0) is 14.3 Å². The van der Waals surface area contributed by atoms with Gasteiger partial charge in [0.2, 0.25) is 11.7 Å². The number of pyridine rings is 1. The fourth-order valence-electron chi connectivity index (χ4n) is 3.51. The van der Waals surface area contributed by atoms with Crippen LogP contribution in [0.3, 0.4) is 0 Å². The first-order chi connectivity index (χ1) is 15.8. The van der Waals surface area contributed by atoms with Gasteiger partial charge in [-0.05, 0) is 51.1 Å². The molecule has 1 aromatic heterocycles. The summed E-state index contributed by atoms with van der Waals surface area (Å²) in [5.41, 5.74) is 0.614. The van der Waals surface area contributed by atoms with Gasteiger partial charge in [0.15, 0.2) is 11.6 Å². The number of benzene rings is 1. The molecule has 2 aliphatic heterocycles. The maximum Gasteiger partial charge on any atom is 0.253 e. The van der Waals surface area contributed by atoms with E-state index in [4.69, 9.17) is 4.74 Å². The van der Waals surface area contributed by atoms with Crippen molar-refractivity contribution in [3.05, 3.63) is 48.2 Å². The molecule has 2 aliphatic rings. The monoisotopic (exact) mass is 462 g/mol. The Kier molecular flexibility index (Phi) is 8.29. The third-order valence-electron chi connectivity index (χ3n) is 5.36. The first kappa shape index (κ1) is 24.5. The summed E-state index contributed by atoms with van der Waals surface area (Å²) < 4.78 is 34.9. The van der Waals surface area contributed by atoms with Gasteiger partial charge in [-0.2, -0.15) is 4.39 Å². The van der Waals surface area contributed by atoms with Crippen molar-refractivity contribution in [2.45, 2.75) is 32.0 Å². The zero-order valence-corrected chi connectivity index (χ0v) is 18.9. The number of ether oxygens (including phenoxy) is 2. The zero-order chi connectivity index (χ0) is 24.0. The van der Waals surface area contributed by atoms with Crippen LogP contribution < -0.4 is 15.0 Å². The molecule has 0 aliphatic carbocycles. The van der Waals surface area contributed by atoms with E-state index in [2.05, 4.69) is 15.0 Å². The zero-order valence-electron chi connectivity index (χ0n) is 18.9. The number of methoxy groups -OCH3 is 1. The summed E-state index contributed by atoms with van der Waals surface area (Å²) in [4.78, 5) is 32.1. The van der Waals surface area contributed by atoms with Gasteiger partial charge in [-0.15, -0.1) is 0 Å². The summed E-state index contributed by atoms with van der Waals surface area (Å²) in [6.07, 6.45) is 2.98. The van der Waals surface area contributed by atoms with Crippen LogP contribution in [0.5, 0.6) is 5.75 Å². The summed E-state index contributed by atoms with van der Waals surface area (Å²) in [6.45, 7) is 3.82. The number of nitrogens with one attached hydrogen (secondary N) is 1. The van der Waals surface area contributed by atoms with E-state index >= 15 is 0 Å². The van der Waals surface area contributed by atoms with Gasteiger partial charge in [0, 0.05) is 13.1 Å². The Bertz CT molecular complexity index is 973. The molecule has 2 amide bonds. The second kappa shape index (κ2) is 11.2. The number of likely N-dealkylation sites (N-methyl/N-ethyl adjacent to an activating group) is 1. The van der Waals surface area contributed by atoms with Gasteiger partial charge >= 0.3 is 0 Å². The van der Waals surface area contributed by atoms with E-state index < -0.39 is 11.6 Å². The van der Waals surface area contributed by atoms with Gasteiger partial charge in [0.1, 0.15) is 11.9 Å². The standard InChI is InChI=1S/C16H22N4O3.C7H6F2O/c1-11-3-5-13(23-11)16(22)18-12-4-6-14(17-9-12)20-8-7-19(2)10-15(20)21;1-10-6-4-2-3-5(8)7(6)9/h4,6,9,11,13H,3,5,7-8,10H2,1-2H3,(H,18,22);2-4H,1H3. The van der Waals surface area contributed by atoms with E-state index in [0.29, 0.717) is 24.6 Å². The number of aromatic nitrogens is 1. The number of rotatable bonds is 4. The first-order valence-corrected chi connectivity index (χ1v) is 10.7. The van der Waals surface area contributed by atoms with Gasteiger partial charge in [0.25, 0.3) is 5.91 Å². The second-order valence-corrected chi connectivity index (χ2v) is 7.95. The van der Waals surface area contributed by atoms with Crippen molar-refractivity contribution in [3.8, 4) is 5.75 Å². The number of carbonyl (C=O) groups is 2. The number of halogens is 2. The largest absolute Gasteiger partial charge is 0.494 e. The Hall–Kier alpha value is -3.11. The minimum atomic E-state index is -0.940. The van der Waals surface area contributed by atoms with Crippen molar-refractivity contribution in [1.82, 2.24) is 9.88 Å². The molecule has 2 aromatic rings. The number of amides is 2. The lowest BCUT2D eigenvalue weighted by molar-refractivity contribution is -0.126. The predicted molar refractivity (Wildman–Crippen MR) is 119 cm³/mol. The van der Waals surface area contributed by atoms with E-state index in [1.807, 2.05) is 18.9 Å². The van der Waals surface area contributed by atoms with E-state index in [-0.39, 0.29) is 29.8 Å². The van der Waals surface area contributed by atoms with Crippen molar-refractivity contribution in [1.29, 1.82) is 0 Å². The van der Waals surface area contributed by atoms with Crippen molar-refractivity contribution in [3.63, 3.8) is 0 Å². The molecule has 2 fully saturated rings. The number of carbonyl (C=O) groups excluding carboxylic acids is 2. The van der Waals surface area contributed by atoms with Crippen molar-refractivity contribution in [2.75, 3.05) is 44.0 Å². The molecule has 0 bridgehead atoms. The molecule has 33 heavy (non-hydrogen) atoms. The summed E-state index contributed by atoms with van der Waals surface area (Å²) >= 11 is 0. The highest BCUT2D eigenvalue weighted by molar-refractivity contribution is 5.96. The number of nitrogens with zero attached hydrogens (tertiary/aromatic N) is 3. The molecule has 0 spiro atoms. The molecule has 10 heteroatoms. The molecule has 1 aromatic carbocycles. The highest BCUT2D eigenvalue weighted by Gasteiger charge is 2.28. The van der Waals surface area contributed by atoms with Crippen LogP contribution >= 0.6 is 0 Å². The highest BCUT2D eigenvalue weighted by Crippen LogP contribution is 2.22. The van der Waals surface area contributed by atoms with Gasteiger partial charge in [0.05, 0.1) is 31.6 Å².